The number of nitrogens with one attached hydrogen (secondary N) is 1. The van der Waals surface area contributed by atoms with Crippen LogP contribution in [0.5, 0.6) is 0 Å². The van der Waals surface area contributed by atoms with Crippen LogP contribution in [0, 0.1) is 5.92 Å². The van der Waals surface area contributed by atoms with E-state index in [4.69, 9.17) is 9.47 Å². The van der Waals surface area contributed by atoms with Gasteiger partial charge in [0, 0.05) is 25.2 Å². The first kappa shape index (κ1) is 18.7. The van der Waals surface area contributed by atoms with E-state index in [9.17, 15) is 9.59 Å². The SMILES string of the molecule is COC(=O)c1cc(N2CCOCC2)ccc1NC(=O)CCC1CCCC1. The minimum atomic E-state index is -0.439. The van der Waals surface area contributed by atoms with Crippen LogP contribution in [0.15, 0.2) is 18.2 Å². The van der Waals surface area contributed by atoms with Crippen molar-refractivity contribution in [1.29, 1.82) is 0 Å². The molecule has 6 nitrogen and oxygen atoms in total. The standard InChI is InChI=1S/C20H28N2O4/c1-25-20(24)17-14-16(22-10-12-26-13-11-22)7-8-18(17)21-19(23)9-6-15-4-2-3-5-15/h7-8,14-15H,2-6,9-13H2,1H3,(H,21,23). The first-order chi connectivity index (χ1) is 12.7. The molecule has 26 heavy (non-hydrogen) atoms. The molecule has 0 radical (unpaired) electrons. The van der Waals surface area contributed by atoms with E-state index in [2.05, 4.69) is 10.2 Å². The Morgan fingerprint density at radius 1 is 1.23 bits per heavy atom. The minimum Gasteiger partial charge on any atom is -0.465 e. The summed E-state index contributed by atoms with van der Waals surface area (Å²) in [5, 5.41) is 2.90. The number of benzene rings is 1. The van der Waals surface area contributed by atoms with Crippen LogP contribution in [0.2, 0.25) is 0 Å². The van der Waals surface area contributed by atoms with Crippen molar-refractivity contribution in [3.63, 3.8) is 0 Å². The van der Waals surface area contributed by atoms with Gasteiger partial charge in [0.25, 0.3) is 0 Å². The number of ether oxygens (including phenoxy) is 2. The van der Waals surface area contributed by atoms with E-state index in [1.165, 1.54) is 32.8 Å². The molecular formula is C20H28N2O4. The molecule has 0 spiro atoms. The molecule has 2 aliphatic rings. The highest BCUT2D eigenvalue weighted by molar-refractivity contribution is 6.02. The highest BCUT2D eigenvalue weighted by Crippen LogP contribution is 2.29. The summed E-state index contributed by atoms with van der Waals surface area (Å²) in [7, 11) is 1.36. The number of anilines is 2. The van der Waals surface area contributed by atoms with Gasteiger partial charge in [0.1, 0.15) is 0 Å². The number of morpholine rings is 1. The van der Waals surface area contributed by atoms with Crippen LogP contribution in [0.4, 0.5) is 11.4 Å². The van der Waals surface area contributed by atoms with Crippen LogP contribution in [-0.4, -0.2) is 45.3 Å². The third-order valence-electron chi connectivity index (χ3n) is 5.31. The predicted molar refractivity (Wildman–Crippen MR) is 101 cm³/mol. The van der Waals surface area contributed by atoms with Crippen molar-refractivity contribution in [3.8, 4) is 0 Å². The molecule has 2 fully saturated rings. The van der Waals surface area contributed by atoms with Gasteiger partial charge in [-0.2, -0.15) is 0 Å². The first-order valence-electron chi connectivity index (χ1n) is 9.52. The van der Waals surface area contributed by atoms with E-state index in [0.717, 1.165) is 25.2 Å². The summed E-state index contributed by atoms with van der Waals surface area (Å²) < 4.78 is 10.3. The molecule has 1 amide bonds. The molecule has 1 aliphatic heterocycles. The maximum Gasteiger partial charge on any atom is 0.340 e. The summed E-state index contributed by atoms with van der Waals surface area (Å²) in [4.78, 5) is 26.7. The average Bonchev–Trinajstić information content (AvgIpc) is 3.20. The minimum absolute atomic E-state index is 0.0406. The van der Waals surface area contributed by atoms with Crippen LogP contribution in [0.1, 0.15) is 48.9 Å². The molecule has 3 rings (SSSR count). The van der Waals surface area contributed by atoms with E-state index < -0.39 is 5.97 Å². The lowest BCUT2D eigenvalue weighted by atomic mass is 10.0. The van der Waals surface area contributed by atoms with Gasteiger partial charge in [-0.3, -0.25) is 4.79 Å². The van der Waals surface area contributed by atoms with Gasteiger partial charge in [0.2, 0.25) is 5.91 Å². The quantitative estimate of drug-likeness (QED) is 0.789. The number of carbonyl (C=O) groups excluding carboxylic acids is 2. The largest absolute Gasteiger partial charge is 0.465 e. The molecule has 1 aliphatic carbocycles. The van der Waals surface area contributed by atoms with Crippen LogP contribution >= 0.6 is 0 Å². The molecular weight excluding hydrogens is 332 g/mol. The van der Waals surface area contributed by atoms with Gasteiger partial charge in [0.15, 0.2) is 0 Å². The van der Waals surface area contributed by atoms with Gasteiger partial charge in [0.05, 0.1) is 31.6 Å². The van der Waals surface area contributed by atoms with Crippen LogP contribution in [-0.2, 0) is 14.3 Å². The Hall–Kier alpha value is -2.08. The number of nitrogens with zero attached hydrogens (tertiary/aromatic N) is 1. The molecule has 0 bridgehead atoms. The lowest BCUT2D eigenvalue weighted by molar-refractivity contribution is -0.116. The summed E-state index contributed by atoms with van der Waals surface area (Å²) in [6.45, 7) is 2.92. The third-order valence-corrected chi connectivity index (χ3v) is 5.31. The van der Waals surface area contributed by atoms with Gasteiger partial charge in [-0.05, 0) is 30.5 Å². The number of esters is 1. The summed E-state index contributed by atoms with van der Waals surface area (Å²) in [6.07, 6.45) is 6.44. The van der Waals surface area contributed by atoms with Crippen molar-refractivity contribution in [2.24, 2.45) is 5.92 Å². The van der Waals surface area contributed by atoms with Crippen molar-refractivity contribution in [2.75, 3.05) is 43.6 Å². The summed E-state index contributed by atoms with van der Waals surface area (Å²) in [6, 6.07) is 5.53. The Kier molecular flexibility index (Phi) is 6.50. The lowest BCUT2D eigenvalue weighted by Crippen LogP contribution is -2.36. The van der Waals surface area contributed by atoms with Crippen LogP contribution in [0.3, 0.4) is 0 Å². The second kappa shape index (κ2) is 9.03. The number of hydrogen-bond donors (Lipinski definition) is 1. The number of hydrogen-bond acceptors (Lipinski definition) is 5. The van der Waals surface area contributed by atoms with Crippen molar-refractivity contribution in [3.05, 3.63) is 23.8 Å². The second-order valence-electron chi connectivity index (χ2n) is 7.06. The maximum atomic E-state index is 12.3. The Bertz CT molecular complexity index is 635. The summed E-state index contributed by atoms with van der Waals surface area (Å²) in [5.74, 6) is 0.192. The number of carbonyl (C=O) groups is 2. The van der Waals surface area contributed by atoms with Crippen molar-refractivity contribution < 1.29 is 19.1 Å². The van der Waals surface area contributed by atoms with E-state index in [-0.39, 0.29) is 5.91 Å². The highest BCUT2D eigenvalue weighted by atomic mass is 16.5. The Balaban J connectivity index is 1.68. The van der Waals surface area contributed by atoms with E-state index in [1.54, 1.807) is 12.1 Å². The number of rotatable bonds is 6. The first-order valence-corrected chi connectivity index (χ1v) is 9.52. The second-order valence-corrected chi connectivity index (χ2v) is 7.06. The Labute approximate surface area is 154 Å². The number of amides is 1. The van der Waals surface area contributed by atoms with Crippen LogP contribution < -0.4 is 10.2 Å². The van der Waals surface area contributed by atoms with Gasteiger partial charge in [-0.15, -0.1) is 0 Å². The fraction of sp³-hybridized carbons (Fsp3) is 0.600. The monoisotopic (exact) mass is 360 g/mol. The zero-order valence-electron chi connectivity index (χ0n) is 15.5. The van der Waals surface area contributed by atoms with Crippen molar-refractivity contribution >= 4 is 23.3 Å². The number of methoxy groups -OCH3 is 1. The average molecular weight is 360 g/mol. The molecule has 1 aromatic rings. The molecule has 6 heteroatoms. The van der Waals surface area contributed by atoms with Gasteiger partial charge in [-0.1, -0.05) is 25.7 Å². The van der Waals surface area contributed by atoms with Crippen molar-refractivity contribution in [2.45, 2.75) is 38.5 Å². The fourth-order valence-corrected chi connectivity index (χ4v) is 3.79. The molecule has 1 saturated heterocycles. The van der Waals surface area contributed by atoms with Crippen molar-refractivity contribution in [1.82, 2.24) is 0 Å². The van der Waals surface area contributed by atoms with Crippen LogP contribution in [0.25, 0.3) is 0 Å². The topological polar surface area (TPSA) is 67.9 Å². The van der Waals surface area contributed by atoms with E-state index >= 15 is 0 Å². The predicted octanol–water partition coefficient (Wildman–Crippen LogP) is 3.22. The van der Waals surface area contributed by atoms with Gasteiger partial charge in [-0.25, -0.2) is 4.79 Å². The van der Waals surface area contributed by atoms with E-state index in [1.807, 2.05) is 6.07 Å². The van der Waals surface area contributed by atoms with Gasteiger partial charge < -0.3 is 19.7 Å². The summed E-state index contributed by atoms with van der Waals surface area (Å²) in [5.41, 5.74) is 1.86. The molecule has 0 unspecified atom stereocenters. The molecule has 1 aromatic carbocycles. The zero-order valence-corrected chi connectivity index (χ0v) is 15.5. The third kappa shape index (κ3) is 4.75. The zero-order chi connectivity index (χ0) is 18.4. The smallest absolute Gasteiger partial charge is 0.340 e. The summed E-state index contributed by atoms with van der Waals surface area (Å²) >= 11 is 0. The molecule has 1 heterocycles. The molecule has 0 aromatic heterocycles. The normalized spacial score (nSPS) is 18.0. The van der Waals surface area contributed by atoms with E-state index in [0.29, 0.717) is 36.8 Å². The fourth-order valence-electron chi connectivity index (χ4n) is 3.79. The molecule has 1 N–H and O–H groups in total. The Morgan fingerprint density at radius 2 is 1.96 bits per heavy atom. The molecule has 1 saturated carbocycles. The molecule has 0 atom stereocenters. The highest BCUT2D eigenvalue weighted by Gasteiger charge is 2.20. The molecule has 142 valence electrons. The Morgan fingerprint density at radius 3 is 2.65 bits per heavy atom. The lowest BCUT2D eigenvalue weighted by Gasteiger charge is -2.29. The van der Waals surface area contributed by atoms with Gasteiger partial charge >= 0.3 is 5.97 Å². The maximum absolute atomic E-state index is 12.3.